The van der Waals surface area contributed by atoms with Gasteiger partial charge < -0.3 is 0 Å². The molecule has 0 radical (unpaired) electrons. The molecule has 6 aliphatic carbocycles. The summed E-state index contributed by atoms with van der Waals surface area (Å²) in [4.78, 5) is 11.4. The zero-order chi connectivity index (χ0) is 55.9. The number of carbonyl (C=O) groups excluding carboxylic acids is 1. The third-order valence-corrected chi connectivity index (χ3v) is 19.7. The van der Waals surface area contributed by atoms with Crippen molar-refractivity contribution in [3.05, 3.63) is 128 Å². The Labute approximate surface area is 465 Å². The van der Waals surface area contributed by atoms with Crippen LogP contribution in [0.1, 0.15) is 254 Å². The zero-order valence-corrected chi connectivity index (χ0v) is 54.4. The molecule has 8 unspecified atom stereocenters. The topological polar surface area (TPSA) is 17.1 Å². The van der Waals surface area contributed by atoms with Gasteiger partial charge in [-0.25, -0.2) is 0 Å². The van der Waals surface area contributed by atoms with Crippen molar-refractivity contribution >= 4 is 23.3 Å². The molecular weight excluding hydrogens is 931 g/mol. The molecule has 0 aromatic carbocycles. The van der Waals surface area contributed by atoms with Gasteiger partial charge in [0.2, 0.25) is 0 Å². The minimum absolute atomic E-state index is 0.203. The van der Waals surface area contributed by atoms with Crippen LogP contribution < -0.4 is 0 Å². The van der Waals surface area contributed by atoms with Crippen LogP contribution in [-0.2, 0) is 4.79 Å². The van der Waals surface area contributed by atoms with Crippen LogP contribution in [0, 0.1) is 51.2 Å². The van der Waals surface area contributed by atoms with Crippen molar-refractivity contribution in [3.63, 3.8) is 0 Å². The number of rotatable bonds is 15. The molecule has 0 saturated heterocycles. The molecule has 6 rings (SSSR count). The zero-order valence-electron chi connectivity index (χ0n) is 52.2. The fourth-order valence-corrected chi connectivity index (χ4v) is 14.6. The summed E-state index contributed by atoms with van der Waals surface area (Å²) in [6.07, 6.45) is 50.2. The largest absolute Gasteiger partial charge is 0.290 e. The smallest absolute Gasteiger partial charge is 0.173 e. The fourth-order valence-electron chi connectivity index (χ4n) is 14.2. The summed E-state index contributed by atoms with van der Waals surface area (Å²) in [5.74, 6) is 6.79. The van der Waals surface area contributed by atoms with Gasteiger partial charge in [0.25, 0.3) is 0 Å². The van der Waals surface area contributed by atoms with Gasteiger partial charge in [-0.2, -0.15) is 0 Å². The third-order valence-electron chi connectivity index (χ3n) is 18.5. The summed E-state index contributed by atoms with van der Waals surface area (Å²) in [5, 5.41) is 0. The normalized spacial score (nSPS) is 27.8. The minimum Gasteiger partial charge on any atom is -0.290 e. The quantitative estimate of drug-likeness (QED) is 0.0691. The van der Waals surface area contributed by atoms with Gasteiger partial charge in [0.15, 0.2) is 5.52 Å². The minimum atomic E-state index is 0.203. The number of hydrogen-bond acceptors (Lipinski definition) is 1. The lowest BCUT2D eigenvalue weighted by Crippen LogP contribution is -2.43. The van der Waals surface area contributed by atoms with Gasteiger partial charge in [-0.1, -0.05) is 228 Å². The SMILES string of the molecule is CC.CC.CC(C)CCCC(C)C1CCC2C3=C(CCC21C)C1(C)CCCCC1CC3.CC1=C(/C=C/C(C)=C/C=C/C(C)=C/P)C(C)(C)CCC1.CPC(=O)/C=C(C)/C=C/C=C(C)/C=C/C1=C(C)CCCC1(C)C. The van der Waals surface area contributed by atoms with Gasteiger partial charge in [-0.05, 0) is 221 Å². The molecule has 74 heavy (non-hydrogen) atoms. The lowest BCUT2D eigenvalue weighted by Gasteiger charge is -2.54. The van der Waals surface area contributed by atoms with Crippen LogP contribution in [0.3, 0.4) is 0 Å². The van der Waals surface area contributed by atoms with Crippen molar-refractivity contribution in [2.45, 2.75) is 254 Å². The van der Waals surface area contributed by atoms with E-state index in [1.165, 1.54) is 155 Å². The molecular formula is C71H118OP2. The predicted octanol–water partition coefficient (Wildman–Crippen LogP) is 23.3. The Morgan fingerprint density at radius 1 is 0.635 bits per heavy atom. The van der Waals surface area contributed by atoms with E-state index in [1.54, 1.807) is 11.6 Å². The van der Waals surface area contributed by atoms with Crippen molar-refractivity contribution in [1.29, 1.82) is 0 Å². The monoisotopic (exact) mass is 1050 g/mol. The van der Waals surface area contributed by atoms with Crippen LogP contribution >= 0.6 is 17.8 Å². The third kappa shape index (κ3) is 20.2. The molecule has 0 amide bonds. The van der Waals surface area contributed by atoms with Crippen molar-refractivity contribution in [2.75, 3.05) is 6.66 Å². The van der Waals surface area contributed by atoms with Crippen molar-refractivity contribution in [1.82, 2.24) is 0 Å². The van der Waals surface area contributed by atoms with Crippen molar-refractivity contribution in [3.8, 4) is 0 Å². The molecule has 2 saturated carbocycles. The molecule has 0 bridgehead atoms. The average molecular weight is 1050 g/mol. The highest BCUT2D eigenvalue weighted by atomic mass is 31.1. The first-order valence-electron chi connectivity index (χ1n) is 30.5. The second-order valence-corrected chi connectivity index (χ2v) is 26.8. The summed E-state index contributed by atoms with van der Waals surface area (Å²) in [6, 6.07) is 0. The first-order valence-corrected chi connectivity index (χ1v) is 32.6. The Bertz CT molecular complexity index is 2110. The molecule has 0 heterocycles. The predicted molar refractivity (Wildman–Crippen MR) is 342 cm³/mol. The van der Waals surface area contributed by atoms with E-state index in [4.69, 9.17) is 0 Å². The van der Waals surface area contributed by atoms with Crippen molar-refractivity contribution < 1.29 is 4.79 Å². The van der Waals surface area contributed by atoms with Gasteiger partial charge >= 0.3 is 0 Å². The maximum absolute atomic E-state index is 11.4. The second kappa shape index (κ2) is 33.2. The maximum Gasteiger partial charge on any atom is 0.173 e. The van der Waals surface area contributed by atoms with E-state index in [0.717, 1.165) is 35.2 Å². The molecule has 418 valence electrons. The highest BCUT2D eigenvalue weighted by Crippen LogP contribution is 2.66. The number of carbonyl (C=O) groups is 1. The van der Waals surface area contributed by atoms with E-state index in [0.29, 0.717) is 24.8 Å². The fraction of sp³-hybridized carbons (Fsp3) is 0.676. The van der Waals surface area contributed by atoms with Gasteiger partial charge in [0.1, 0.15) is 0 Å². The molecule has 3 heteroatoms. The number of allylic oxidation sites excluding steroid dienone is 21. The van der Waals surface area contributed by atoms with Crippen molar-refractivity contribution in [2.24, 2.45) is 51.2 Å². The first-order chi connectivity index (χ1) is 35.0. The Morgan fingerprint density at radius 2 is 1.18 bits per heavy atom. The summed E-state index contributed by atoms with van der Waals surface area (Å²) in [6.45, 7) is 45.0. The Hall–Kier alpha value is -2.33. The molecule has 0 aliphatic heterocycles. The molecule has 0 spiro atoms. The molecule has 0 aromatic heterocycles. The van der Waals surface area contributed by atoms with E-state index in [1.807, 2.05) is 70.4 Å². The summed E-state index contributed by atoms with van der Waals surface area (Å²) in [7, 11) is 2.97. The van der Waals surface area contributed by atoms with Crippen LogP contribution in [0.2, 0.25) is 0 Å². The molecule has 0 aromatic rings. The molecule has 0 N–H and O–H groups in total. The molecule has 6 aliphatic rings. The average Bonchev–Trinajstić information content (AvgIpc) is 3.72. The van der Waals surface area contributed by atoms with E-state index < -0.39 is 0 Å². The van der Waals surface area contributed by atoms with E-state index in [9.17, 15) is 4.79 Å². The summed E-state index contributed by atoms with van der Waals surface area (Å²) >= 11 is 0. The summed E-state index contributed by atoms with van der Waals surface area (Å²) < 4.78 is 0. The Balaban J connectivity index is 0.000000372. The Kier molecular flexibility index (Phi) is 30.4. The van der Waals surface area contributed by atoms with Crippen LogP contribution in [-0.4, -0.2) is 12.2 Å². The maximum atomic E-state index is 11.4. The number of hydrogen-bond donors (Lipinski definition) is 0. The second-order valence-electron chi connectivity index (χ2n) is 25.4. The highest BCUT2D eigenvalue weighted by Gasteiger charge is 2.55. The lowest BCUT2D eigenvalue weighted by molar-refractivity contribution is -0.107. The van der Waals surface area contributed by atoms with Gasteiger partial charge in [0, 0.05) is 0 Å². The van der Waals surface area contributed by atoms with Crippen LogP contribution in [0.25, 0.3) is 0 Å². The summed E-state index contributed by atoms with van der Waals surface area (Å²) in [5.41, 5.74) is 16.9. The van der Waals surface area contributed by atoms with Gasteiger partial charge in [-0.3, -0.25) is 4.79 Å². The number of fused-ring (bicyclic) bond motifs is 4. The van der Waals surface area contributed by atoms with Gasteiger partial charge in [-0.15, -0.1) is 9.24 Å². The first kappa shape index (κ1) is 67.8. The van der Waals surface area contributed by atoms with E-state index in [2.05, 4.69) is 155 Å². The lowest BCUT2D eigenvalue weighted by atomic mass is 9.50. The van der Waals surface area contributed by atoms with E-state index in [-0.39, 0.29) is 10.9 Å². The molecule has 8 atom stereocenters. The van der Waals surface area contributed by atoms with Gasteiger partial charge in [0.05, 0.1) is 0 Å². The molecule has 2 fully saturated rings. The standard InChI is InChI=1S/C27H46.C21H31OP.C19H29P.2C2H6/c1-19(2)9-8-10-20(3)23-14-15-24-22-13-12-21-11-6-7-17-26(21,4)25(22)16-18-27(23,24)5;1-16(9-7-10-17(2)15-20(22)23-6)12-13-19-18(3)11-8-14-21(19,4)5;1-15(8-6-9-16(2)14-20)11-12-18-17(3)10-7-13-19(18,4)5;2*1-2/h19-21,23-24H,6-18H2,1-5H3;7,9-10,12-13,15,23H,8,11,14H2,1-6H3;6,8-9,11-12,14H,7,10,13,20H2,1-5H3;2*1-2H3/b;10-7+,13-12+,16-9+,17-15+;9-6+,12-11+,15-8+,16-14+;;. The van der Waals surface area contributed by atoms with Crippen LogP contribution in [0.5, 0.6) is 0 Å². The highest BCUT2D eigenvalue weighted by molar-refractivity contribution is 7.57. The van der Waals surface area contributed by atoms with E-state index >= 15 is 0 Å². The Morgan fingerprint density at radius 3 is 1.68 bits per heavy atom. The van der Waals surface area contributed by atoms with Crippen LogP contribution in [0.4, 0.5) is 0 Å². The molecule has 1 nitrogen and oxygen atoms in total. The van der Waals surface area contributed by atoms with Crippen LogP contribution in [0.15, 0.2) is 128 Å².